The minimum atomic E-state index is -4.54. The second-order valence-electron chi connectivity index (χ2n) is 7.79. The number of halogens is 3. The molecule has 0 saturated heterocycles. The number of Topliss-reactive ketones (excluding diaryl/α,β-unsaturated/α-hetero) is 1. The van der Waals surface area contributed by atoms with Gasteiger partial charge >= 0.3 is 12.1 Å². The number of aromatic amines is 1. The van der Waals surface area contributed by atoms with E-state index >= 15 is 0 Å². The molecule has 12 heteroatoms. The van der Waals surface area contributed by atoms with Crippen LogP contribution in [-0.4, -0.2) is 42.7 Å². The average molecular weight is 487 g/mol. The number of rotatable bonds is 6. The number of aryl methyl sites for hydroxylation is 1. The lowest BCUT2D eigenvalue weighted by Gasteiger charge is -2.09. The lowest BCUT2D eigenvalue weighted by molar-refractivity contribution is -0.137. The molecule has 0 atom stereocenters. The van der Waals surface area contributed by atoms with E-state index in [0.29, 0.717) is 11.3 Å². The third-order valence-electron chi connectivity index (χ3n) is 5.48. The van der Waals surface area contributed by atoms with Gasteiger partial charge in [0.25, 0.3) is 5.56 Å². The zero-order valence-electron chi connectivity index (χ0n) is 18.9. The highest BCUT2D eigenvalue weighted by Gasteiger charge is 2.31. The molecular formula is C23H20F3N5O4. The number of hydrogen-bond acceptors (Lipinski definition) is 6. The number of fused-ring (bicyclic) bond motifs is 1. The van der Waals surface area contributed by atoms with Crippen molar-refractivity contribution in [2.24, 2.45) is 0 Å². The predicted molar refractivity (Wildman–Crippen MR) is 119 cm³/mol. The number of nitrogens with zero attached hydrogens (tertiary/aromatic N) is 4. The standard InChI is InChI=1S/C23H20F3N5O4/c1-4-35-22(34)18-12(2)19(29-13(18)3)17(32)10-30-11-27-20-16(21(30)33)9-28-31(20)15-7-5-6-14(8-15)23(24,25)26/h5-9,11,29H,4,10H2,1-3H3. The van der Waals surface area contributed by atoms with Gasteiger partial charge in [0.15, 0.2) is 11.4 Å². The number of benzene rings is 1. The van der Waals surface area contributed by atoms with Crippen molar-refractivity contribution >= 4 is 22.8 Å². The topological polar surface area (TPSA) is 112 Å². The molecule has 0 bridgehead atoms. The fourth-order valence-electron chi connectivity index (χ4n) is 3.84. The maximum Gasteiger partial charge on any atom is 0.416 e. The maximum atomic E-state index is 13.1. The number of carbonyl (C=O) groups is 2. The molecule has 3 heterocycles. The number of H-pyrrole nitrogens is 1. The quantitative estimate of drug-likeness (QED) is 0.329. The normalized spacial score (nSPS) is 11.7. The fourth-order valence-corrected chi connectivity index (χ4v) is 3.84. The van der Waals surface area contributed by atoms with Crippen molar-refractivity contribution in [3.8, 4) is 5.69 Å². The number of nitrogens with one attached hydrogen (secondary N) is 1. The van der Waals surface area contributed by atoms with Crippen LogP contribution in [0.1, 0.15) is 44.6 Å². The largest absolute Gasteiger partial charge is 0.462 e. The number of alkyl halides is 3. The molecule has 1 aromatic carbocycles. The summed E-state index contributed by atoms with van der Waals surface area (Å²) in [7, 11) is 0. The molecule has 0 aliphatic heterocycles. The van der Waals surface area contributed by atoms with Gasteiger partial charge < -0.3 is 9.72 Å². The molecule has 1 N–H and O–H groups in total. The summed E-state index contributed by atoms with van der Waals surface area (Å²) in [6.07, 6.45) is -2.22. The number of esters is 1. The van der Waals surface area contributed by atoms with Gasteiger partial charge in [-0.25, -0.2) is 14.5 Å². The highest BCUT2D eigenvalue weighted by atomic mass is 19.4. The number of aromatic nitrogens is 5. The Kier molecular flexibility index (Phi) is 6.05. The number of hydrogen-bond donors (Lipinski definition) is 1. The monoisotopic (exact) mass is 487 g/mol. The summed E-state index contributed by atoms with van der Waals surface area (Å²) < 4.78 is 46.5. The van der Waals surface area contributed by atoms with E-state index in [1.807, 2.05) is 0 Å². The molecule has 35 heavy (non-hydrogen) atoms. The number of carbonyl (C=O) groups excluding carboxylic acids is 2. The van der Waals surface area contributed by atoms with Crippen molar-refractivity contribution in [3.05, 3.63) is 75.2 Å². The zero-order valence-corrected chi connectivity index (χ0v) is 18.9. The SMILES string of the molecule is CCOC(=O)c1c(C)[nH]c(C(=O)Cn2cnc3c(cnn3-c3cccc(C(F)(F)F)c3)c2=O)c1C. The van der Waals surface area contributed by atoms with Crippen molar-refractivity contribution in [2.45, 2.75) is 33.5 Å². The third-order valence-corrected chi connectivity index (χ3v) is 5.48. The van der Waals surface area contributed by atoms with E-state index in [1.54, 1.807) is 20.8 Å². The van der Waals surface area contributed by atoms with E-state index in [-0.39, 0.29) is 41.1 Å². The molecule has 0 saturated carbocycles. The second kappa shape index (κ2) is 8.85. The van der Waals surface area contributed by atoms with Crippen molar-refractivity contribution in [1.29, 1.82) is 0 Å². The Morgan fingerprint density at radius 2 is 1.94 bits per heavy atom. The van der Waals surface area contributed by atoms with Gasteiger partial charge in [-0.3, -0.25) is 14.2 Å². The third kappa shape index (κ3) is 4.34. The van der Waals surface area contributed by atoms with Crippen LogP contribution in [0.5, 0.6) is 0 Å². The van der Waals surface area contributed by atoms with Gasteiger partial charge in [0, 0.05) is 5.69 Å². The van der Waals surface area contributed by atoms with Crippen LogP contribution in [-0.2, 0) is 17.5 Å². The van der Waals surface area contributed by atoms with E-state index in [2.05, 4.69) is 15.1 Å². The summed E-state index contributed by atoms with van der Waals surface area (Å²) in [5.41, 5.74) is -0.0211. The lowest BCUT2D eigenvalue weighted by Crippen LogP contribution is -2.25. The van der Waals surface area contributed by atoms with Crippen LogP contribution in [0.25, 0.3) is 16.7 Å². The molecule has 0 fully saturated rings. The summed E-state index contributed by atoms with van der Waals surface area (Å²) in [5, 5.41) is 4.06. The maximum absolute atomic E-state index is 13.1. The first-order valence-corrected chi connectivity index (χ1v) is 10.5. The Hall–Kier alpha value is -4.22. The van der Waals surface area contributed by atoms with Crippen molar-refractivity contribution in [2.75, 3.05) is 6.61 Å². The summed E-state index contributed by atoms with van der Waals surface area (Å²) >= 11 is 0. The van der Waals surface area contributed by atoms with Crippen molar-refractivity contribution in [3.63, 3.8) is 0 Å². The van der Waals surface area contributed by atoms with Gasteiger partial charge in [0.1, 0.15) is 11.7 Å². The van der Waals surface area contributed by atoms with E-state index < -0.39 is 29.1 Å². The average Bonchev–Trinajstić information content (AvgIpc) is 3.36. The highest BCUT2D eigenvalue weighted by molar-refractivity contribution is 6.01. The Bertz CT molecular complexity index is 1510. The van der Waals surface area contributed by atoms with Gasteiger partial charge in [0.2, 0.25) is 0 Å². The van der Waals surface area contributed by atoms with Crippen molar-refractivity contribution < 1.29 is 27.5 Å². The Morgan fingerprint density at radius 1 is 1.20 bits per heavy atom. The molecule has 0 unspecified atom stereocenters. The molecule has 0 spiro atoms. The minimum absolute atomic E-state index is 0.0318. The first-order chi connectivity index (χ1) is 16.5. The molecule has 4 aromatic rings. The van der Waals surface area contributed by atoms with Gasteiger partial charge in [-0.15, -0.1) is 0 Å². The van der Waals surface area contributed by atoms with E-state index in [9.17, 15) is 27.6 Å². The van der Waals surface area contributed by atoms with Crippen LogP contribution in [0.15, 0.2) is 41.6 Å². The van der Waals surface area contributed by atoms with Crippen LogP contribution in [0.2, 0.25) is 0 Å². The van der Waals surface area contributed by atoms with E-state index in [4.69, 9.17) is 4.74 Å². The first kappa shape index (κ1) is 23.9. The van der Waals surface area contributed by atoms with Crippen LogP contribution < -0.4 is 5.56 Å². The number of ketones is 1. The van der Waals surface area contributed by atoms with Crippen molar-refractivity contribution in [1.82, 2.24) is 24.3 Å². The minimum Gasteiger partial charge on any atom is -0.462 e. The van der Waals surface area contributed by atoms with E-state index in [0.717, 1.165) is 27.7 Å². The summed E-state index contributed by atoms with van der Waals surface area (Å²) in [4.78, 5) is 45.1. The summed E-state index contributed by atoms with van der Waals surface area (Å²) in [6.45, 7) is 4.72. The summed E-state index contributed by atoms with van der Waals surface area (Å²) in [5.74, 6) is -1.02. The molecule has 0 amide bonds. The molecule has 3 aromatic heterocycles. The molecule has 9 nitrogen and oxygen atoms in total. The Balaban J connectivity index is 1.67. The molecule has 0 aliphatic rings. The number of ether oxygens (including phenoxy) is 1. The van der Waals surface area contributed by atoms with Gasteiger partial charge in [-0.2, -0.15) is 18.3 Å². The smallest absolute Gasteiger partial charge is 0.416 e. The Labute approximate surface area is 196 Å². The molecular weight excluding hydrogens is 467 g/mol. The first-order valence-electron chi connectivity index (χ1n) is 10.5. The van der Waals surface area contributed by atoms with E-state index in [1.165, 1.54) is 18.3 Å². The van der Waals surface area contributed by atoms with Gasteiger partial charge in [-0.1, -0.05) is 6.07 Å². The summed E-state index contributed by atoms with van der Waals surface area (Å²) in [6, 6.07) is 4.48. The molecule has 182 valence electrons. The lowest BCUT2D eigenvalue weighted by atomic mass is 10.1. The Morgan fingerprint density at radius 3 is 2.63 bits per heavy atom. The molecule has 0 aliphatic carbocycles. The fraction of sp³-hybridized carbons (Fsp3) is 0.261. The molecule has 0 radical (unpaired) electrons. The van der Waals surface area contributed by atoms with Gasteiger partial charge in [0.05, 0.1) is 41.9 Å². The zero-order chi connectivity index (χ0) is 25.5. The van der Waals surface area contributed by atoms with Crippen LogP contribution in [0, 0.1) is 13.8 Å². The van der Waals surface area contributed by atoms with Crippen LogP contribution >= 0.6 is 0 Å². The second-order valence-corrected chi connectivity index (χ2v) is 7.79. The predicted octanol–water partition coefficient (Wildman–Crippen LogP) is 3.61. The van der Waals surface area contributed by atoms with Gasteiger partial charge in [-0.05, 0) is 44.5 Å². The molecule has 4 rings (SSSR count). The van der Waals surface area contributed by atoms with Crippen LogP contribution in [0.3, 0.4) is 0 Å². The highest BCUT2D eigenvalue weighted by Crippen LogP contribution is 2.30. The van der Waals surface area contributed by atoms with Crippen LogP contribution in [0.4, 0.5) is 13.2 Å².